The zero-order chi connectivity index (χ0) is 24.7. The van der Waals surface area contributed by atoms with E-state index in [1.165, 1.54) is 4.31 Å². The molecule has 0 saturated heterocycles. The third-order valence-corrected chi connectivity index (χ3v) is 7.56. The summed E-state index contributed by atoms with van der Waals surface area (Å²) in [6.45, 7) is 7.80. The lowest BCUT2D eigenvalue weighted by atomic mass is 9.97. The molecular formula is C28H34N2O3S. The number of hydrogen-bond donors (Lipinski definition) is 1. The highest BCUT2D eigenvalue weighted by Crippen LogP contribution is 2.28. The summed E-state index contributed by atoms with van der Waals surface area (Å²) in [5.74, 6) is 0.0230. The Kier molecular flexibility index (Phi) is 8.51. The number of carbonyl (C=O) groups excluding carboxylic acids is 1. The van der Waals surface area contributed by atoms with E-state index in [1.54, 1.807) is 36.4 Å². The lowest BCUT2D eigenvalue weighted by Crippen LogP contribution is -2.42. The molecule has 1 atom stereocenters. The third kappa shape index (κ3) is 6.26. The van der Waals surface area contributed by atoms with Gasteiger partial charge in [-0.1, -0.05) is 87.0 Å². The molecule has 0 aromatic heterocycles. The van der Waals surface area contributed by atoms with Crippen molar-refractivity contribution in [2.45, 2.75) is 51.5 Å². The molecule has 5 nitrogen and oxygen atoms in total. The lowest BCUT2D eigenvalue weighted by Gasteiger charge is -2.28. The van der Waals surface area contributed by atoms with Gasteiger partial charge in [-0.15, -0.1) is 0 Å². The Morgan fingerprint density at radius 2 is 1.53 bits per heavy atom. The molecule has 180 valence electrons. The molecule has 6 heteroatoms. The Bertz CT molecular complexity index is 1190. The highest BCUT2D eigenvalue weighted by atomic mass is 32.2. The van der Waals surface area contributed by atoms with Crippen molar-refractivity contribution in [1.82, 2.24) is 5.32 Å². The van der Waals surface area contributed by atoms with Crippen molar-refractivity contribution in [2.75, 3.05) is 10.8 Å². The predicted octanol–water partition coefficient (Wildman–Crippen LogP) is 5.66. The maximum absolute atomic E-state index is 13.7. The number of rotatable bonds is 10. The van der Waals surface area contributed by atoms with Crippen molar-refractivity contribution < 1.29 is 13.2 Å². The van der Waals surface area contributed by atoms with Crippen molar-refractivity contribution in [1.29, 1.82) is 0 Å². The fourth-order valence-corrected chi connectivity index (χ4v) is 5.45. The maximum Gasteiger partial charge on any atom is 0.264 e. The van der Waals surface area contributed by atoms with Gasteiger partial charge in [0.15, 0.2) is 0 Å². The molecule has 3 aromatic carbocycles. The number of nitrogens with one attached hydrogen (secondary N) is 1. The van der Waals surface area contributed by atoms with E-state index >= 15 is 0 Å². The van der Waals surface area contributed by atoms with Gasteiger partial charge in [0.2, 0.25) is 5.91 Å². The number of hydrogen-bond acceptors (Lipinski definition) is 3. The standard InChI is InChI=1S/C28H34N2O3S/c1-5-23-11-9-10-14-27(23)30(34(32,33)25-17-15-22(4)16-18-25)20-28(31)29-26(19-21(2)3)24-12-7-6-8-13-24/h6-18,21,26H,5,19-20H2,1-4H3,(H,29,31)/t26-/m0/s1. The predicted molar refractivity (Wildman–Crippen MR) is 138 cm³/mol. The van der Waals surface area contributed by atoms with Crippen LogP contribution in [0.25, 0.3) is 0 Å². The molecule has 0 fully saturated rings. The molecule has 1 N–H and O–H groups in total. The van der Waals surface area contributed by atoms with Crippen LogP contribution in [0.4, 0.5) is 5.69 Å². The number of aryl methyl sites for hydroxylation is 2. The summed E-state index contributed by atoms with van der Waals surface area (Å²) < 4.78 is 28.7. The monoisotopic (exact) mass is 478 g/mol. The molecule has 3 aromatic rings. The minimum atomic E-state index is -3.95. The quantitative estimate of drug-likeness (QED) is 0.409. The van der Waals surface area contributed by atoms with E-state index in [-0.39, 0.29) is 23.4 Å². The average Bonchev–Trinajstić information content (AvgIpc) is 2.82. The van der Waals surface area contributed by atoms with Gasteiger partial charge < -0.3 is 5.32 Å². The van der Waals surface area contributed by atoms with Crippen LogP contribution in [0.15, 0.2) is 83.8 Å². The largest absolute Gasteiger partial charge is 0.348 e. The van der Waals surface area contributed by atoms with E-state index in [0.29, 0.717) is 18.0 Å². The summed E-state index contributed by atoms with van der Waals surface area (Å²) in [7, 11) is -3.95. The van der Waals surface area contributed by atoms with Gasteiger partial charge in [-0.05, 0) is 55.0 Å². The van der Waals surface area contributed by atoms with Gasteiger partial charge in [-0.25, -0.2) is 8.42 Å². The van der Waals surface area contributed by atoms with Crippen molar-refractivity contribution in [3.63, 3.8) is 0 Å². The number of anilines is 1. The van der Waals surface area contributed by atoms with Crippen LogP contribution in [0.5, 0.6) is 0 Å². The summed E-state index contributed by atoms with van der Waals surface area (Å²) >= 11 is 0. The topological polar surface area (TPSA) is 66.5 Å². The zero-order valence-corrected chi connectivity index (χ0v) is 21.2. The van der Waals surface area contributed by atoms with Gasteiger partial charge >= 0.3 is 0 Å². The van der Waals surface area contributed by atoms with Crippen molar-refractivity contribution in [3.05, 3.63) is 95.6 Å². The molecule has 1 amide bonds. The molecule has 0 saturated carbocycles. The fraction of sp³-hybridized carbons (Fsp3) is 0.321. The Hall–Kier alpha value is -3.12. The van der Waals surface area contributed by atoms with Crippen LogP contribution in [-0.4, -0.2) is 20.9 Å². The van der Waals surface area contributed by atoms with Gasteiger partial charge in [0.25, 0.3) is 10.0 Å². The molecule has 0 bridgehead atoms. The zero-order valence-electron chi connectivity index (χ0n) is 20.4. The number of nitrogens with zero attached hydrogens (tertiary/aromatic N) is 1. The molecular weight excluding hydrogens is 444 g/mol. The maximum atomic E-state index is 13.7. The van der Waals surface area contributed by atoms with E-state index in [0.717, 1.165) is 23.1 Å². The third-order valence-electron chi connectivity index (χ3n) is 5.78. The first-order valence-electron chi connectivity index (χ1n) is 11.7. The molecule has 0 aliphatic heterocycles. The molecule has 34 heavy (non-hydrogen) atoms. The van der Waals surface area contributed by atoms with E-state index in [4.69, 9.17) is 0 Å². The highest BCUT2D eigenvalue weighted by Gasteiger charge is 2.29. The number of benzene rings is 3. The molecule has 0 aliphatic carbocycles. The van der Waals surface area contributed by atoms with Gasteiger partial charge in [0.1, 0.15) is 6.54 Å². The second-order valence-corrected chi connectivity index (χ2v) is 10.8. The van der Waals surface area contributed by atoms with E-state index in [2.05, 4.69) is 19.2 Å². The lowest BCUT2D eigenvalue weighted by molar-refractivity contribution is -0.120. The number of amides is 1. The number of para-hydroxylation sites is 1. The van der Waals surface area contributed by atoms with E-state index in [9.17, 15) is 13.2 Å². The minimum Gasteiger partial charge on any atom is -0.348 e. The number of carbonyl (C=O) groups is 1. The summed E-state index contributed by atoms with van der Waals surface area (Å²) in [5, 5.41) is 3.09. The first-order valence-corrected chi connectivity index (χ1v) is 13.2. The Labute approximate surface area is 203 Å². The van der Waals surface area contributed by atoms with E-state index in [1.807, 2.05) is 56.3 Å². The number of sulfonamides is 1. The van der Waals surface area contributed by atoms with Crippen LogP contribution in [0.2, 0.25) is 0 Å². The summed E-state index contributed by atoms with van der Waals surface area (Å²) in [5.41, 5.74) is 3.37. The highest BCUT2D eigenvalue weighted by molar-refractivity contribution is 7.92. The molecule has 0 spiro atoms. The van der Waals surface area contributed by atoms with Crippen LogP contribution in [0.1, 0.15) is 49.9 Å². The normalized spacial score (nSPS) is 12.4. The molecule has 0 heterocycles. The van der Waals surface area contributed by atoms with Gasteiger partial charge in [0, 0.05) is 0 Å². The first kappa shape index (κ1) is 25.5. The summed E-state index contributed by atoms with van der Waals surface area (Å²) in [6.07, 6.45) is 1.41. The molecule has 0 radical (unpaired) electrons. The second-order valence-electron chi connectivity index (χ2n) is 8.97. The van der Waals surface area contributed by atoms with Crippen LogP contribution in [0.3, 0.4) is 0 Å². The van der Waals surface area contributed by atoms with Crippen LogP contribution >= 0.6 is 0 Å². The molecule has 0 unspecified atom stereocenters. The Morgan fingerprint density at radius 1 is 0.912 bits per heavy atom. The van der Waals surface area contributed by atoms with Crippen molar-refractivity contribution >= 4 is 21.6 Å². The van der Waals surface area contributed by atoms with Crippen molar-refractivity contribution in [2.24, 2.45) is 5.92 Å². The molecule has 3 rings (SSSR count). The fourth-order valence-electron chi connectivity index (χ4n) is 4.00. The average molecular weight is 479 g/mol. The van der Waals surface area contributed by atoms with Crippen LogP contribution in [0, 0.1) is 12.8 Å². The second kappa shape index (κ2) is 11.3. The van der Waals surface area contributed by atoms with Crippen LogP contribution in [-0.2, 0) is 21.2 Å². The van der Waals surface area contributed by atoms with Gasteiger partial charge in [-0.2, -0.15) is 0 Å². The minimum absolute atomic E-state index is 0.165. The summed E-state index contributed by atoms with van der Waals surface area (Å²) in [6, 6.07) is 23.7. The first-order chi connectivity index (χ1) is 16.2. The smallest absolute Gasteiger partial charge is 0.264 e. The Balaban J connectivity index is 1.96. The van der Waals surface area contributed by atoms with Crippen LogP contribution < -0.4 is 9.62 Å². The van der Waals surface area contributed by atoms with Crippen molar-refractivity contribution in [3.8, 4) is 0 Å². The summed E-state index contributed by atoms with van der Waals surface area (Å²) in [4.78, 5) is 13.5. The van der Waals surface area contributed by atoms with E-state index < -0.39 is 10.0 Å². The van der Waals surface area contributed by atoms with Gasteiger partial charge in [-0.3, -0.25) is 9.10 Å². The Morgan fingerprint density at radius 3 is 2.15 bits per heavy atom. The van der Waals surface area contributed by atoms with Gasteiger partial charge in [0.05, 0.1) is 16.6 Å². The molecule has 0 aliphatic rings. The SMILES string of the molecule is CCc1ccccc1N(CC(=O)N[C@@H](CC(C)C)c1ccccc1)S(=O)(=O)c1ccc(C)cc1.